The summed E-state index contributed by atoms with van der Waals surface area (Å²) in [6.45, 7) is 22.1. The maximum atomic E-state index is 12.5. The molecule has 1 heterocycles. The number of carbonyl (C=O) groups is 1. The van der Waals surface area contributed by atoms with Crippen LogP contribution >= 0.6 is 20.7 Å². The van der Waals surface area contributed by atoms with Gasteiger partial charge < -0.3 is 14.0 Å². The van der Waals surface area contributed by atoms with Crippen molar-refractivity contribution < 1.29 is 18.8 Å². The molecule has 2 unspecified atom stereocenters. The molecule has 1 aliphatic heterocycles. The molecule has 0 aromatic heterocycles. The molecule has 2 atom stereocenters. The van der Waals surface area contributed by atoms with Crippen LogP contribution in [0.15, 0.2) is 0 Å². The van der Waals surface area contributed by atoms with Gasteiger partial charge in [0.15, 0.2) is 11.4 Å². The molecule has 6 nitrogen and oxygen atoms in total. The van der Waals surface area contributed by atoms with Crippen LogP contribution in [0.25, 0.3) is 0 Å². The minimum Gasteiger partial charge on any atom is -0.351 e. The van der Waals surface area contributed by atoms with Crippen molar-refractivity contribution in [2.75, 3.05) is 32.1 Å². The second kappa shape index (κ2) is 14.6. The van der Waals surface area contributed by atoms with E-state index in [1.54, 1.807) is 0 Å². The standard InChI is InChI=1S/C24H49N2O4PS/c1-10-28-22(18-30-31-26(19(2)3)20(4)5)29-16-17-32-21(27)12-15-25-23(6,7)13-11-14-24(25,8)9/h19-20,22,31H,10-18H2,1-9H3. The Labute approximate surface area is 203 Å². The molecular formula is C24H49N2O4PS. The molecular weight excluding hydrogens is 443 g/mol. The predicted octanol–water partition coefficient (Wildman–Crippen LogP) is 5.70. The highest BCUT2D eigenvalue weighted by Gasteiger charge is 2.40. The Hall–Kier alpha value is 0.250. The molecule has 1 aliphatic rings. The summed E-state index contributed by atoms with van der Waals surface area (Å²) in [5.74, 6) is 0.640. The summed E-state index contributed by atoms with van der Waals surface area (Å²) < 4.78 is 19.7. The first kappa shape index (κ1) is 30.3. The minimum atomic E-state index is -0.390. The first-order valence-corrected chi connectivity index (χ1v) is 14.1. The lowest BCUT2D eigenvalue weighted by Crippen LogP contribution is -2.58. The van der Waals surface area contributed by atoms with E-state index < -0.39 is 0 Å². The number of ether oxygens (including phenoxy) is 2. The van der Waals surface area contributed by atoms with Gasteiger partial charge in [0.25, 0.3) is 0 Å². The molecule has 8 heteroatoms. The first-order chi connectivity index (χ1) is 14.9. The summed E-state index contributed by atoms with van der Waals surface area (Å²) in [6.07, 6.45) is 3.84. The fourth-order valence-corrected chi connectivity index (χ4v) is 6.00. The Morgan fingerprint density at radius 1 is 1.06 bits per heavy atom. The van der Waals surface area contributed by atoms with E-state index in [0.29, 0.717) is 44.1 Å². The van der Waals surface area contributed by atoms with Crippen LogP contribution in [0.4, 0.5) is 0 Å². The van der Waals surface area contributed by atoms with E-state index >= 15 is 0 Å². The number of rotatable bonds is 15. The van der Waals surface area contributed by atoms with Crippen LogP contribution in [0, 0.1) is 0 Å². The first-order valence-electron chi connectivity index (χ1n) is 12.2. The number of hydrogen-bond acceptors (Lipinski definition) is 7. The molecule has 190 valence electrons. The van der Waals surface area contributed by atoms with Crippen LogP contribution in [-0.4, -0.2) is 76.3 Å². The molecule has 1 rings (SSSR count). The van der Waals surface area contributed by atoms with Gasteiger partial charge in [-0.2, -0.15) is 0 Å². The minimum absolute atomic E-state index is 0.155. The topological polar surface area (TPSA) is 51.2 Å². The van der Waals surface area contributed by atoms with Crippen molar-refractivity contribution >= 4 is 25.8 Å². The van der Waals surface area contributed by atoms with Gasteiger partial charge in [0.05, 0.1) is 15.6 Å². The maximum Gasteiger partial charge on any atom is 0.190 e. The van der Waals surface area contributed by atoms with Gasteiger partial charge in [-0.05, 0) is 81.6 Å². The van der Waals surface area contributed by atoms with Crippen LogP contribution < -0.4 is 0 Å². The maximum absolute atomic E-state index is 12.5. The number of piperidine rings is 1. The van der Waals surface area contributed by atoms with E-state index in [2.05, 4.69) is 65.0 Å². The van der Waals surface area contributed by atoms with Crippen LogP contribution in [-0.2, 0) is 18.8 Å². The summed E-state index contributed by atoms with van der Waals surface area (Å²) in [5.41, 5.74) is 0.309. The van der Waals surface area contributed by atoms with E-state index in [9.17, 15) is 4.79 Å². The monoisotopic (exact) mass is 492 g/mol. The van der Waals surface area contributed by atoms with Crippen LogP contribution in [0.2, 0.25) is 0 Å². The number of hydrogen-bond donors (Lipinski definition) is 0. The van der Waals surface area contributed by atoms with Crippen molar-refractivity contribution in [2.45, 2.75) is 117 Å². The average Bonchev–Trinajstić information content (AvgIpc) is 2.66. The zero-order valence-electron chi connectivity index (χ0n) is 22.0. The second-order valence-corrected chi connectivity index (χ2v) is 12.5. The fraction of sp³-hybridized carbons (Fsp3) is 0.958. The van der Waals surface area contributed by atoms with Gasteiger partial charge in [-0.15, -0.1) is 0 Å². The molecule has 0 spiro atoms. The highest BCUT2D eigenvalue weighted by atomic mass is 32.2. The summed E-state index contributed by atoms with van der Waals surface area (Å²) in [6, 6.07) is 0.867. The molecule has 0 aromatic rings. The van der Waals surface area contributed by atoms with Crippen molar-refractivity contribution in [3.63, 3.8) is 0 Å². The van der Waals surface area contributed by atoms with Crippen molar-refractivity contribution in [2.24, 2.45) is 0 Å². The molecule has 1 saturated heterocycles. The Morgan fingerprint density at radius 3 is 2.19 bits per heavy atom. The van der Waals surface area contributed by atoms with Crippen LogP contribution in [0.5, 0.6) is 0 Å². The number of thioether (sulfide) groups is 1. The third-order valence-electron chi connectivity index (χ3n) is 6.08. The van der Waals surface area contributed by atoms with Crippen molar-refractivity contribution in [3.8, 4) is 0 Å². The van der Waals surface area contributed by atoms with E-state index in [-0.39, 0.29) is 31.4 Å². The Balaban J connectivity index is 2.32. The van der Waals surface area contributed by atoms with Gasteiger partial charge in [0, 0.05) is 48.5 Å². The molecule has 32 heavy (non-hydrogen) atoms. The third kappa shape index (κ3) is 10.7. The van der Waals surface area contributed by atoms with E-state index in [4.69, 9.17) is 14.0 Å². The largest absolute Gasteiger partial charge is 0.351 e. The zero-order valence-corrected chi connectivity index (χ0v) is 23.8. The smallest absolute Gasteiger partial charge is 0.190 e. The quantitative estimate of drug-likeness (QED) is 0.165. The lowest BCUT2D eigenvalue weighted by atomic mass is 9.80. The number of likely N-dealkylation sites (tertiary alicyclic amines) is 1. The Kier molecular flexibility index (Phi) is 13.8. The molecule has 0 aromatic carbocycles. The Bertz CT molecular complexity index is 522. The van der Waals surface area contributed by atoms with Crippen LogP contribution in [0.1, 0.15) is 88.0 Å². The van der Waals surface area contributed by atoms with Gasteiger partial charge in [-0.1, -0.05) is 11.8 Å². The summed E-state index contributed by atoms with van der Waals surface area (Å²) >= 11 is 1.37. The van der Waals surface area contributed by atoms with E-state index in [1.165, 1.54) is 31.0 Å². The lowest BCUT2D eigenvalue weighted by Gasteiger charge is -2.53. The number of carbonyl (C=O) groups excluding carboxylic acids is 1. The highest BCUT2D eigenvalue weighted by Crippen LogP contribution is 2.38. The zero-order chi connectivity index (χ0) is 24.4. The van der Waals surface area contributed by atoms with E-state index in [0.717, 1.165) is 6.54 Å². The van der Waals surface area contributed by atoms with Gasteiger partial charge in [-0.25, -0.2) is 0 Å². The lowest BCUT2D eigenvalue weighted by molar-refractivity contribution is -0.150. The van der Waals surface area contributed by atoms with Gasteiger partial charge in [0.2, 0.25) is 0 Å². The van der Waals surface area contributed by atoms with Crippen molar-refractivity contribution in [1.82, 2.24) is 9.57 Å². The van der Waals surface area contributed by atoms with Gasteiger partial charge >= 0.3 is 0 Å². The summed E-state index contributed by atoms with van der Waals surface area (Å²) in [5, 5.41) is 0.237. The SMILES string of the molecule is CCOC(COPN(C(C)C)C(C)C)OCCSC(=O)CCN1C(C)(C)CCCC1(C)C. The van der Waals surface area contributed by atoms with Gasteiger partial charge in [0.1, 0.15) is 6.61 Å². The second-order valence-electron chi connectivity index (χ2n) is 10.4. The highest BCUT2D eigenvalue weighted by molar-refractivity contribution is 8.13. The summed E-state index contributed by atoms with van der Waals surface area (Å²) in [4.78, 5) is 15.0. The molecule has 0 bridgehead atoms. The van der Waals surface area contributed by atoms with Crippen LogP contribution in [0.3, 0.4) is 0 Å². The molecule has 0 N–H and O–H groups in total. The third-order valence-corrected chi connectivity index (χ3v) is 8.52. The molecule has 0 radical (unpaired) electrons. The fourth-order valence-electron chi connectivity index (χ4n) is 4.58. The molecule has 0 aliphatic carbocycles. The van der Waals surface area contributed by atoms with Crippen molar-refractivity contribution in [3.05, 3.63) is 0 Å². The Morgan fingerprint density at radius 2 is 1.66 bits per heavy atom. The number of nitrogens with zero attached hydrogens (tertiary/aromatic N) is 2. The molecule has 0 amide bonds. The van der Waals surface area contributed by atoms with E-state index in [1.807, 2.05) is 6.92 Å². The van der Waals surface area contributed by atoms with Crippen molar-refractivity contribution in [1.29, 1.82) is 0 Å². The summed E-state index contributed by atoms with van der Waals surface area (Å²) in [7, 11) is 0.284. The van der Waals surface area contributed by atoms with Gasteiger partial charge in [-0.3, -0.25) is 14.4 Å². The molecule has 0 saturated carbocycles. The molecule has 1 fully saturated rings. The average molecular weight is 493 g/mol. The predicted molar refractivity (Wildman–Crippen MR) is 139 cm³/mol. The normalized spacial score (nSPS) is 20.1.